The first-order valence-corrected chi connectivity index (χ1v) is 8.53. The summed E-state index contributed by atoms with van der Waals surface area (Å²) < 4.78 is 5.35. The number of rotatable bonds is 6. The van der Waals surface area contributed by atoms with Gasteiger partial charge in [-0.25, -0.2) is 4.98 Å². The van der Waals surface area contributed by atoms with E-state index in [4.69, 9.17) is 9.72 Å². The molecule has 6 nitrogen and oxygen atoms in total. The van der Waals surface area contributed by atoms with Crippen molar-refractivity contribution in [3.8, 4) is 0 Å². The lowest BCUT2D eigenvalue weighted by Crippen LogP contribution is -2.31. The molecule has 1 saturated heterocycles. The van der Waals surface area contributed by atoms with Crippen LogP contribution in [0, 0.1) is 6.92 Å². The van der Waals surface area contributed by atoms with Crippen LogP contribution >= 0.6 is 0 Å². The van der Waals surface area contributed by atoms with Crippen LogP contribution in [-0.4, -0.2) is 41.8 Å². The van der Waals surface area contributed by atoms with E-state index in [0.717, 1.165) is 36.2 Å². The maximum atomic E-state index is 5.35. The quantitative estimate of drug-likeness (QED) is 0.880. The van der Waals surface area contributed by atoms with E-state index in [0.29, 0.717) is 6.61 Å². The first kappa shape index (κ1) is 16.6. The lowest BCUT2D eigenvalue weighted by molar-refractivity contribution is 0.185. The van der Waals surface area contributed by atoms with Crippen molar-refractivity contribution in [1.82, 2.24) is 15.0 Å². The molecule has 0 amide bonds. The standard InChI is InChI=1S/C18H25N5O/c1-14-12-17(22-18(20-14)23-10-6-3-7-11-23)21-16(13-24-2)15-8-4-5-9-19-15/h4-5,8-9,12,16H,3,6-7,10-11,13H2,1-2H3,(H,20,21,22)/t16-/m1/s1. The van der Waals surface area contributed by atoms with E-state index < -0.39 is 0 Å². The van der Waals surface area contributed by atoms with Crippen molar-refractivity contribution in [2.75, 3.05) is 37.0 Å². The van der Waals surface area contributed by atoms with Gasteiger partial charge in [-0.15, -0.1) is 0 Å². The number of hydrogen-bond acceptors (Lipinski definition) is 6. The van der Waals surface area contributed by atoms with E-state index in [9.17, 15) is 0 Å². The van der Waals surface area contributed by atoms with Gasteiger partial charge in [-0.05, 0) is 38.3 Å². The number of piperidine rings is 1. The van der Waals surface area contributed by atoms with Crippen molar-refractivity contribution in [3.05, 3.63) is 41.9 Å². The second-order valence-electron chi connectivity index (χ2n) is 6.15. The normalized spacial score (nSPS) is 16.0. The molecule has 24 heavy (non-hydrogen) atoms. The summed E-state index contributed by atoms with van der Waals surface area (Å²) in [7, 11) is 1.70. The summed E-state index contributed by atoms with van der Waals surface area (Å²) in [5.74, 6) is 1.63. The Morgan fingerprint density at radius 1 is 1.21 bits per heavy atom. The van der Waals surface area contributed by atoms with Gasteiger partial charge >= 0.3 is 0 Å². The van der Waals surface area contributed by atoms with Gasteiger partial charge in [0.15, 0.2) is 0 Å². The fraction of sp³-hybridized carbons (Fsp3) is 0.500. The molecule has 2 aromatic rings. The summed E-state index contributed by atoms with van der Waals surface area (Å²) in [5.41, 5.74) is 1.90. The molecule has 128 valence electrons. The van der Waals surface area contributed by atoms with Crippen LogP contribution in [0.3, 0.4) is 0 Å². The van der Waals surface area contributed by atoms with Crippen LogP contribution in [0.25, 0.3) is 0 Å². The molecule has 0 aliphatic carbocycles. The predicted octanol–water partition coefficient (Wildman–Crippen LogP) is 2.97. The Balaban J connectivity index is 1.81. The summed E-state index contributed by atoms with van der Waals surface area (Å²) in [6, 6.07) is 7.82. The zero-order valence-corrected chi connectivity index (χ0v) is 14.4. The summed E-state index contributed by atoms with van der Waals surface area (Å²) >= 11 is 0. The Kier molecular flexibility index (Phi) is 5.59. The average molecular weight is 327 g/mol. The molecule has 0 aromatic carbocycles. The van der Waals surface area contributed by atoms with E-state index in [1.54, 1.807) is 13.3 Å². The van der Waals surface area contributed by atoms with Crippen LogP contribution in [0.2, 0.25) is 0 Å². The van der Waals surface area contributed by atoms with E-state index in [-0.39, 0.29) is 6.04 Å². The van der Waals surface area contributed by atoms with Gasteiger partial charge in [-0.2, -0.15) is 4.98 Å². The number of aromatic nitrogens is 3. The molecule has 1 aliphatic rings. The minimum Gasteiger partial charge on any atom is -0.382 e. The van der Waals surface area contributed by atoms with Gasteiger partial charge < -0.3 is 15.0 Å². The second-order valence-corrected chi connectivity index (χ2v) is 6.15. The minimum absolute atomic E-state index is 0.0419. The number of anilines is 2. The number of pyridine rings is 1. The molecule has 1 atom stereocenters. The third kappa shape index (κ3) is 4.20. The molecule has 0 radical (unpaired) electrons. The Hall–Kier alpha value is -2.21. The van der Waals surface area contributed by atoms with Crippen LogP contribution in [0.1, 0.15) is 36.7 Å². The summed E-state index contributed by atoms with van der Waals surface area (Å²) in [5, 5.41) is 3.45. The molecule has 3 heterocycles. The molecule has 0 spiro atoms. The number of methoxy groups -OCH3 is 1. The van der Waals surface area contributed by atoms with Crippen molar-refractivity contribution in [1.29, 1.82) is 0 Å². The third-order valence-electron chi connectivity index (χ3n) is 4.18. The van der Waals surface area contributed by atoms with Gasteiger partial charge in [-0.1, -0.05) is 6.07 Å². The van der Waals surface area contributed by atoms with Crippen LogP contribution in [0.5, 0.6) is 0 Å². The van der Waals surface area contributed by atoms with Crippen molar-refractivity contribution in [2.45, 2.75) is 32.2 Å². The Morgan fingerprint density at radius 3 is 2.75 bits per heavy atom. The van der Waals surface area contributed by atoms with Crippen molar-refractivity contribution in [2.24, 2.45) is 0 Å². The van der Waals surface area contributed by atoms with E-state index in [2.05, 4.69) is 20.2 Å². The Labute approximate surface area is 143 Å². The molecule has 2 aromatic heterocycles. The minimum atomic E-state index is -0.0419. The topological polar surface area (TPSA) is 63.2 Å². The highest BCUT2D eigenvalue weighted by molar-refractivity contribution is 5.45. The first-order valence-electron chi connectivity index (χ1n) is 8.53. The monoisotopic (exact) mass is 327 g/mol. The van der Waals surface area contributed by atoms with Crippen LogP contribution in [0.4, 0.5) is 11.8 Å². The maximum absolute atomic E-state index is 5.35. The third-order valence-corrected chi connectivity index (χ3v) is 4.18. The van der Waals surface area contributed by atoms with Crippen molar-refractivity contribution in [3.63, 3.8) is 0 Å². The number of nitrogens with one attached hydrogen (secondary N) is 1. The summed E-state index contributed by atoms with van der Waals surface area (Å²) in [6.45, 7) is 4.60. The largest absolute Gasteiger partial charge is 0.382 e. The zero-order valence-electron chi connectivity index (χ0n) is 14.4. The Bertz CT molecular complexity index is 643. The fourth-order valence-electron chi connectivity index (χ4n) is 2.99. The molecule has 0 unspecified atom stereocenters. The average Bonchev–Trinajstić information content (AvgIpc) is 2.62. The van der Waals surface area contributed by atoms with Gasteiger partial charge in [0, 0.05) is 38.2 Å². The predicted molar refractivity (Wildman–Crippen MR) is 95.3 cm³/mol. The maximum Gasteiger partial charge on any atom is 0.227 e. The molecule has 1 aliphatic heterocycles. The highest BCUT2D eigenvalue weighted by Crippen LogP contribution is 2.21. The van der Waals surface area contributed by atoms with Gasteiger partial charge in [0.1, 0.15) is 5.82 Å². The smallest absolute Gasteiger partial charge is 0.227 e. The Morgan fingerprint density at radius 2 is 2.04 bits per heavy atom. The van der Waals surface area contributed by atoms with E-state index in [1.165, 1.54) is 19.3 Å². The molecule has 1 N–H and O–H groups in total. The molecular formula is C18H25N5O. The number of aryl methyl sites for hydroxylation is 1. The summed E-state index contributed by atoms with van der Waals surface area (Å²) in [6.07, 6.45) is 5.51. The number of ether oxygens (including phenoxy) is 1. The van der Waals surface area contributed by atoms with Gasteiger partial charge in [0.05, 0.1) is 18.3 Å². The van der Waals surface area contributed by atoms with Crippen molar-refractivity contribution >= 4 is 11.8 Å². The van der Waals surface area contributed by atoms with E-state index >= 15 is 0 Å². The highest BCUT2D eigenvalue weighted by Gasteiger charge is 2.17. The van der Waals surface area contributed by atoms with E-state index in [1.807, 2.05) is 31.2 Å². The molecule has 1 fully saturated rings. The molecule has 0 bridgehead atoms. The van der Waals surface area contributed by atoms with Gasteiger partial charge in [0.25, 0.3) is 0 Å². The van der Waals surface area contributed by atoms with Crippen LogP contribution < -0.4 is 10.2 Å². The second kappa shape index (κ2) is 8.06. The molecule has 3 rings (SSSR count). The molecule has 0 saturated carbocycles. The lowest BCUT2D eigenvalue weighted by Gasteiger charge is -2.27. The lowest BCUT2D eigenvalue weighted by atomic mass is 10.1. The SMILES string of the molecule is COC[C@@H](Nc1cc(C)nc(N2CCCCC2)n1)c1ccccn1. The number of nitrogens with zero attached hydrogens (tertiary/aromatic N) is 4. The number of hydrogen-bond donors (Lipinski definition) is 1. The molecular weight excluding hydrogens is 302 g/mol. The first-order chi connectivity index (χ1) is 11.8. The summed E-state index contributed by atoms with van der Waals surface area (Å²) in [4.78, 5) is 16.0. The molecule has 6 heteroatoms. The van der Waals surface area contributed by atoms with Crippen LogP contribution in [0.15, 0.2) is 30.5 Å². The van der Waals surface area contributed by atoms with Gasteiger partial charge in [0.2, 0.25) is 5.95 Å². The zero-order chi connectivity index (χ0) is 16.8. The van der Waals surface area contributed by atoms with Crippen LogP contribution in [-0.2, 0) is 4.74 Å². The van der Waals surface area contributed by atoms with Gasteiger partial charge in [-0.3, -0.25) is 4.98 Å². The highest BCUT2D eigenvalue weighted by atomic mass is 16.5. The fourth-order valence-corrected chi connectivity index (χ4v) is 2.99. The van der Waals surface area contributed by atoms with Crippen molar-refractivity contribution < 1.29 is 4.74 Å².